The second kappa shape index (κ2) is 5.01. The summed E-state index contributed by atoms with van der Waals surface area (Å²) in [5.74, 6) is 0.821. The van der Waals surface area contributed by atoms with Crippen molar-refractivity contribution in [2.24, 2.45) is 0 Å². The smallest absolute Gasteiger partial charge is 0.142 e. The molecule has 3 rings (SSSR count). The molecule has 2 aromatic rings. The Morgan fingerprint density at radius 1 is 1.06 bits per heavy atom. The van der Waals surface area contributed by atoms with Gasteiger partial charge in [0.25, 0.3) is 0 Å². The Balaban J connectivity index is 2.08. The van der Waals surface area contributed by atoms with Gasteiger partial charge in [-0.2, -0.15) is 0 Å². The fourth-order valence-corrected chi connectivity index (χ4v) is 2.48. The highest BCUT2D eigenvalue weighted by Crippen LogP contribution is 2.35. The number of hydrogen-bond donors (Lipinski definition) is 1. The van der Waals surface area contributed by atoms with Crippen molar-refractivity contribution < 1.29 is 4.74 Å². The van der Waals surface area contributed by atoms with Gasteiger partial charge in [-0.15, -0.1) is 0 Å². The average Bonchev–Trinajstić information content (AvgIpc) is 2.65. The van der Waals surface area contributed by atoms with Crippen molar-refractivity contribution in [3.05, 3.63) is 53.1 Å². The molecule has 1 aliphatic rings. The predicted molar refractivity (Wildman–Crippen MR) is 74.1 cm³/mol. The fraction of sp³-hybridized carbons (Fsp3) is 0.200. The van der Waals surface area contributed by atoms with Crippen LogP contribution in [0.2, 0.25) is 5.02 Å². The first kappa shape index (κ1) is 11.6. The summed E-state index contributed by atoms with van der Waals surface area (Å²) in [7, 11) is 0. The van der Waals surface area contributed by atoms with E-state index in [0.29, 0.717) is 11.6 Å². The van der Waals surface area contributed by atoms with Crippen LogP contribution >= 0.6 is 11.6 Å². The van der Waals surface area contributed by atoms with Gasteiger partial charge in [-0.1, -0.05) is 41.9 Å². The number of benzene rings is 2. The second-order valence-corrected chi connectivity index (χ2v) is 4.74. The Kier molecular flexibility index (Phi) is 3.22. The maximum Gasteiger partial charge on any atom is 0.142 e. The molecule has 0 radical (unpaired) electrons. The van der Waals surface area contributed by atoms with Crippen molar-refractivity contribution in [3.63, 3.8) is 0 Å². The van der Waals surface area contributed by atoms with Crippen molar-refractivity contribution in [3.8, 4) is 16.9 Å². The summed E-state index contributed by atoms with van der Waals surface area (Å²) in [4.78, 5) is 0. The van der Waals surface area contributed by atoms with Crippen LogP contribution in [0.25, 0.3) is 11.1 Å². The van der Waals surface area contributed by atoms with Gasteiger partial charge in [-0.3, -0.25) is 0 Å². The van der Waals surface area contributed by atoms with E-state index in [2.05, 4.69) is 23.5 Å². The molecule has 0 fully saturated rings. The van der Waals surface area contributed by atoms with Gasteiger partial charge in [0.1, 0.15) is 12.4 Å². The van der Waals surface area contributed by atoms with Crippen LogP contribution in [0.3, 0.4) is 0 Å². The second-order valence-electron chi connectivity index (χ2n) is 4.34. The lowest BCUT2D eigenvalue weighted by atomic mass is 10.0. The maximum atomic E-state index is 6.32. The maximum absolute atomic E-state index is 6.32. The molecule has 0 aliphatic carbocycles. The minimum Gasteiger partial charge on any atom is -0.490 e. The van der Waals surface area contributed by atoms with E-state index in [1.54, 1.807) is 0 Å². The van der Waals surface area contributed by atoms with Crippen molar-refractivity contribution in [1.82, 2.24) is 5.32 Å². The summed E-state index contributed by atoms with van der Waals surface area (Å²) in [6.07, 6.45) is 0. The highest BCUT2D eigenvalue weighted by atomic mass is 35.5. The molecule has 1 aliphatic heterocycles. The van der Waals surface area contributed by atoms with Gasteiger partial charge >= 0.3 is 0 Å². The molecular weight excluding hydrogens is 246 g/mol. The van der Waals surface area contributed by atoms with Gasteiger partial charge in [0.05, 0.1) is 5.02 Å². The summed E-state index contributed by atoms with van der Waals surface area (Å²) in [5, 5.41) is 4.02. The van der Waals surface area contributed by atoms with E-state index in [4.69, 9.17) is 16.3 Å². The highest BCUT2D eigenvalue weighted by molar-refractivity contribution is 6.32. The topological polar surface area (TPSA) is 21.3 Å². The minimum atomic E-state index is 0.664. The molecule has 0 aromatic heterocycles. The molecule has 1 heterocycles. The van der Waals surface area contributed by atoms with E-state index in [-0.39, 0.29) is 0 Å². The predicted octanol–water partition coefficient (Wildman–Crippen LogP) is 3.49. The average molecular weight is 260 g/mol. The third kappa shape index (κ3) is 2.22. The van der Waals surface area contributed by atoms with Gasteiger partial charge < -0.3 is 10.1 Å². The zero-order chi connectivity index (χ0) is 12.4. The number of halogens is 1. The molecule has 1 N–H and O–H groups in total. The van der Waals surface area contributed by atoms with Crippen molar-refractivity contribution >= 4 is 11.6 Å². The quantitative estimate of drug-likeness (QED) is 0.847. The minimum absolute atomic E-state index is 0.664. The Hall–Kier alpha value is -1.51. The van der Waals surface area contributed by atoms with Crippen molar-refractivity contribution in [2.45, 2.75) is 6.54 Å². The SMILES string of the molecule is Clc1cc(-c2ccccc2)cc2c1OCCNC2. The molecule has 0 saturated carbocycles. The summed E-state index contributed by atoms with van der Waals surface area (Å²) >= 11 is 6.32. The fourth-order valence-electron chi connectivity index (χ4n) is 2.19. The molecule has 0 saturated heterocycles. The van der Waals surface area contributed by atoms with E-state index < -0.39 is 0 Å². The summed E-state index contributed by atoms with van der Waals surface area (Å²) < 4.78 is 5.68. The standard InChI is InChI=1S/C15H14ClNO/c16-14-9-12(11-4-2-1-3-5-11)8-13-10-17-6-7-18-15(13)14/h1-5,8-9,17H,6-7,10H2. The summed E-state index contributed by atoms with van der Waals surface area (Å²) in [6.45, 7) is 2.32. The van der Waals surface area contributed by atoms with Crippen LogP contribution in [0.1, 0.15) is 5.56 Å². The van der Waals surface area contributed by atoms with E-state index >= 15 is 0 Å². The molecule has 0 amide bonds. The number of rotatable bonds is 1. The lowest BCUT2D eigenvalue weighted by Gasteiger charge is -2.11. The van der Waals surface area contributed by atoms with Gasteiger partial charge in [0, 0.05) is 18.7 Å². The summed E-state index contributed by atoms with van der Waals surface area (Å²) in [5.41, 5.74) is 3.43. The van der Waals surface area contributed by atoms with Crippen LogP contribution in [-0.2, 0) is 6.54 Å². The number of fused-ring (bicyclic) bond motifs is 1. The Labute approximate surface area is 112 Å². The van der Waals surface area contributed by atoms with Crippen LogP contribution < -0.4 is 10.1 Å². The molecule has 2 aromatic carbocycles. The Bertz CT molecular complexity index is 554. The van der Waals surface area contributed by atoms with Crippen LogP contribution in [0, 0.1) is 0 Å². The lowest BCUT2D eigenvalue weighted by Crippen LogP contribution is -2.16. The zero-order valence-electron chi connectivity index (χ0n) is 9.95. The molecule has 0 bridgehead atoms. The van der Waals surface area contributed by atoms with Crippen LogP contribution in [0.4, 0.5) is 0 Å². The monoisotopic (exact) mass is 259 g/mol. The van der Waals surface area contributed by atoms with Crippen LogP contribution in [0.15, 0.2) is 42.5 Å². The van der Waals surface area contributed by atoms with Gasteiger partial charge in [0.15, 0.2) is 0 Å². The Morgan fingerprint density at radius 3 is 2.72 bits per heavy atom. The van der Waals surface area contributed by atoms with Gasteiger partial charge in [-0.25, -0.2) is 0 Å². The molecule has 0 atom stereocenters. The third-order valence-electron chi connectivity index (χ3n) is 3.07. The van der Waals surface area contributed by atoms with E-state index in [1.807, 2.05) is 24.3 Å². The number of hydrogen-bond acceptors (Lipinski definition) is 2. The van der Waals surface area contributed by atoms with Crippen LogP contribution in [0.5, 0.6) is 5.75 Å². The first-order valence-electron chi connectivity index (χ1n) is 6.06. The number of ether oxygens (including phenoxy) is 1. The van der Waals surface area contributed by atoms with E-state index in [9.17, 15) is 0 Å². The van der Waals surface area contributed by atoms with Crippen molar-refractivity contribution in [2.75, 3.05) is 13.2 Å². The lowest BCUT2D eigenvalue weighted by molar-refractivity contribution is 0.326. The largest absolute Gasteiger partial charge is 0.490 e. The van der Waals surface area contributed by atoms with E-state index in [1.165, 1.54) is 5.56 Å². The van der Waals surface area contributed by atoms with Crippen LogP contribution in [-0.4, -0.2) is 13.2 Å². The van der Waals surface area contributed by atoms with Gasteiger partial charge in [0.2, 0.25) is 0 Å². The first-order chi connectivity index (χ1) is 8.84. The van der Waals surface area contributed by atoms with Crippen molar-refractivity contribution in [1.29, 1.82) is 0 Å². The zero-order valence-corrected chi connectivity index (χ0v) is 10.7. The molecule has 2 nitrogen and oxygen atoms in total. The van der Waals surface area contributed by atoms with Gasteiger partial charge in [-0.05, 0) is 23.3 Å². The summed E-state index contributed by atoms with van der Waals surface area (Å²) in [6, 6.07) is 14.4. The molecule has 92 valence electrons. The molecule has 0 spiro atoms. The third-order valence-corrected chi connectivity index (χ3v) is 3.35. The number of nitrogens with one attached hydrogen (secondary N) is 1. The molecular formula is C15H14ClNO. The molecule has 0 unspecified atom stereocenters. The molecule has 18 heavy (non-hydrogen) atoms. The first-order valence-corrected chi connectivity index (χ1v) is 6.44. The van der Waals surface area contributed by atoms with E-state index in [0.717, 1.165) is 30.0 Å². The Morgan fingerprint density at radius 2 is 1.89 bits per heavy atom. The molecule has 3 heteroatoms. The normalized spacial score (nSPS) is 14.5. The highest BCUT2D eigenvalue weighted by Gasteiger charge is 2.14.